The molecule has 6 heteroatoms. The van der Waals surface area contributed by atoms with Gasteiger partial charge < -0.3 is 15.2 Å². The standard InChI is InChI=1S/C12H13F2NO3/c13-8-2-1-3-10(11(8)14)18-6-7-4-9(12(16)17)15-5-7/h1-3,7,9,15H,4-6H2,(H,16,17)/t7-,9?/m0/s1. The number of halogens is 2. The highest BCUT2D eigenvalue weighted by molar-refractivity contribution is 5.73. The first-order chi connectivity index (χ1) is 8.58. The molecule has 1 aromatic carbocycles. The number of benzene rings is 1. The Morgan fingerprint density at radius 1 is 1.50 bits per heavy atom. The van der Waals surface area contributed by atoms with E-state index in [2.05, 4.69) is 5.32 Å². The zero-order valence-corrected chi connectivity index (χ0v) is 9.53. The van der Waals surface area contributed by atoms with Gasteiger partial charge in [0, 0.05) is 12.5 Å². The number of carbonyl (C=O) groups is 1. The minimum Gasteiger partial charge on any atom is -0.490 e. The molecule has 0 saturated carbocycles. The third kappa shape index (κ3) is 2.76. The minimum absolute atomic E-state index is 0.0197. The second kappa shape index (κ2) is 5.30. The average Bonchev–Trinajstić information content (AvgIpc) is 2.80. The number of hydrogen-bond donors (Lipinski definition) is 2. The third-order valence-electron chi connectivity index (χ3n) is 2.91. The van der Waals surface area contributed by atoms with Crippen LogP contribution in [-0.2, 0) is 4.79 Å². The summed E-state index contributed by atoms with van der Waals surface area (Å²) in [7, 11) is 0. The second-order valence-electron chi connectivity index (χ2n) is 4.26. The molecule has 18 heavy (non-hydrogen) atoms. The van der Waals surface area contributed by atoms with Crippen molar-refractivity contribution in [3.05, 3.63) is 29.8 Å². The van der Waals surface area contributed by atoms with E-state index in [0.29, 0.717) is 13.0 Å². The van der Waals surface area contributed by atoms with E-state index >= 15 is 0 Å². The molecular formula is C12H13F2NO3. The molecule has 1 aromatic rings. The fourth-order valence-electron chi connectivity index (χ4n) is 1.93. The Balaban J connectivity index is 1.89. The van der Waals surface area contributed by atoms with Gasteiger partial charge in [-0.15, -0.1) is 0 Å². The van der Waals surface area contributed by atoms with Crippen molar-refractivity contribution in [1.82, 2.24) is 5.32 Å². The Bertz CT molecular complexity index is 453. The van der Waals surface area contributed by atoms with Crippen LogP contribution >= 0.6 is 0 Å². The molecule has 1 saturated heterocycles. The van der Waals surface area contributed by atoms with Crippen LogP contribution in [0.1, 0.15) is 6.42 Å². The summed E-state index contributed by atoms with van der Waals surface area (Å²) in [5.74, 6) is -3.05. The summed E-state index contributed by atoms with van der Waals surface area (Å²) in [5.41, 5.74) is 0. The number of hydrogen-bond acceptors (Lipinski definition) is 3. The van der Waals surface area contributed by atoms with Crippen molar-refractivity contribution in [2.75, 3.05) is 13.2 Å². The highest BCUT2D eigenvalue weighted by Crippen LogP contribution is 2.21. The average molecular weight is 257 g/mol. The number of nitrogens with one attached hydrogen (secondary N) is 1. The van der Waals surface area contributed by atoms with Crippen LogP contribution in [0.5, 0.6) is 5.75 Å². The molecule has 4 nitrogen and oxygen atoms in total. The largest absolute Gasteiger partial charge is 0.490 e. The van der Waals surface area contributed by atoms with Gasteiger partial charge in [-0.25, -0.2) is 4.39 Å². The normalized spacial score (nSPS) is 23.0. The van der Waals surface area contributed by atoms with Gasteiger partial charge >= 0.3 is 5.97 Å². The molecule has 0 bridgehead atoms. The van der Waals surface area contributed by atoms with Gasteiger partial charge in [0.1, 0.15) is 6.04 Å². The van der Waals surface area contributed by atoms with E-state index in [0.717, 1.165) is 6.07 Å². The molecule has 1 unspecified atom stereocenters. The number of ether oxygens (including phenoxy) is 1. The van der Waals surface area contributed by atoms with E-state index in [1.807, 2.05) is 0 Å². The number of carboxylic acids is 1. The number of aliphatic carboxylic acids is 1. The van der Waals surface area contributed by atoms with Gasteiger partial charge in [-0.1, -0.05) is 6.07 Å². The first kappa shape index (κ1) is 12.8. The zero-order valence-electron chi connectivity index (χ0n) is 9.53. The maximum atomic E-state index is 13.3. The summed E-state index contributed by atoms with van der Waals surface area (Å²) in [6.45, 7) is 0.658. The molecule has 2 rings (SSSR count). The smallest absolute Gasteiger partial charge is 0.320 e. The van der Waals surface area contributed by atoms with Crippen molar-refractivity contribution in [2.24, 2.45) is 5.92 Å². The van der Waals surface area contributed by atoms with E-state index in [-0.39, 0.29) is 18.3 Å². The van der Waals surface area contributed by atoms with Gasteiger partial charge in [0.25, 0.3) is 0 Å². The van der Waals surface area contributed by atoms with Crippen LogP contribution in [0.25, 0.3) is 0 Å². The molecule has 0 radical (unpaired) electrons. The van der Waals surface area contributed by atoms with Crippen molar-refractivity contribution >= 4 is 5.97 Å². The van der Waals surface area contributed by atoms with Crippen molar-refractivity contribution in [3.63, 3.8) is 0 Å². The Labute approximate surface area is 103 Å². The van der Waals surface area contributed by atoms with Crippen LogP contribution in [0, 0.1) is 17.6 Å². The Morgan fingerprint density at radius 2 is 2.28 bits per heavy atom. The first-order valence-electron chi connectivity index (χ1n) is 5.61. The van der Waals surface area contributed by atoms with E-state index < -0.39 is 23.6 Å². The topological polar surface area (TPSA) is 58.6 Å². The zero-order chi connectivity index (χ0) is 13.1. The summed E-state index contributed by atoms with van der Waals surface area (Å²) in [6.07, 6.45) is 0.423. The highest BCUT2D eigenvalue weighted by Gasteiger charge is 2.29. The molecule has 1 aliphatic rings. The van der Waals surface area contributed by atoms with Gasteiger partial charge in [-0.3, -0.25) is 4.79 Å². The lowest BCUT2D eigenvalue weighted by molar-refractivity contribution is -0.139. The molecule has 1 fully saturated rings. The second-order valence-corrected chi connectivity index (χ2v) is 4.26. The van der Waals surface area contributed by atoms with E-state index in [1.165, 1.54) is 12.1 Å². The van der Waals surface area contributed by atoms with Crippen molar-refractivity contribution in [2.45, 2.75) is 12.5 Å². The predicted octanol–water partition coefficient (Wildman–Crippen LogP) is 1.41. The lowest BCUT2D eigenvalue weighted by Gasteiger charge is -2.11. The van der Waals surface area contributed by atoms with Crippen molar-refractivity contribution in [3.8, 4) is 5.75 Å². The lowest BCUT2D eigenvalue weighted by Crippen LogP contribution is -2.29. The Kier molecular flexibility index (Phi) is 3.76. The maximum absolute atomic E-state index is 13.3. The molecule has 0 aromatic heterocycles. The fraction of sp³-hybridized carbons (Fsp3) is 0.417. The monoisotopic (exact) mass is 257 g/mol. The maximum Gasteiger partial charge on any atom is 0.320 e. The molecule has 2 atom stereocenters. The molecule has 98 valence electrons. The summed E-state index contributed by atoms with van der Waals surface area (Å²) in [5, 5.41) is 11.6. The van der Waals surface area contributed by atoms with Gasteiger partial charge in [0.15, 0.2) is 11.6 Å². The Morgan fingerprint density at radius 3 is 2.94 bits per heavy atom. The molecular weight excluding hydrogens is 244 g/mol. The van der Waals surface area contributed by atoms with Gasteiger partial charge in [-0.2, -0.15) is 4.39 Å². The fourth-order valence-corrected chi connectivity index (χ4v) is 1.93. The van der Waals surface area contributed by atoms with Crippen LogP contribution in [-0.4, -0.2) is 30.3 Å². The third-order valence-corrected chi connectivity index (χ3v) is 2.91. The molecule has 1 heterocycles. The van der Waals surface area contributed by atoms with Gasteiger partial charge in [0.05, 0.1) is 6.61 Å². The lowest BCUT2D eigenvalue weighted by atomic mass is 10.1. The predicted molar refractivity (Wildman–Crippen MR) is 59.4 cm³/mol. The van der Waals surface area contributed by atoms with Crippen LogP contribution in [0.15, 0.2) is 18.2 Å². The Hall–Kier alpha value is -1.69. The van der Waals surface area contributed by atoms with Gasteiger partial charge in [0.2, 0.25) is 5.82 Å². The summed E-state index contributed by atoms with van der Waals surface area (Å²) in [6, 6.07) is 3.13. The van der Waals surface area contributed by atoms with Crippen LogP contribution in [0.4, 0.5) is 8.78 Å². The molecule has 0 amide bonds. The quantitative estimate of drug-likeness (QED) is 0.856. The summed E-state index contributed by atoms with van der Waals surface area (Å²) < 4.78 is 31.4. The summed E-state index contributed by atoms with van der Waals surface area (Å²) >= 11 is 0. The van der Waals surface area contributed by atoms with E-state index in [4.69, 9.17) is 9.84 Å². The van der Waals surface area contributed by atoms with Crippen molar-refractivity contribution in [1.29, 1.82) is 0 Å². The molecule has 2 N–H and O–H groups in total. The van der Waals surface area contributed by atoms with Gasteiger partial charge in [-0.05, 0) is 18.6 Å². The molecule has 0 spiro atoms. The highest BCUT2D eigenvalue weighted by atomic mass is 19.2. The number of carboxylic acid groups (broad SMARTS) is 1. The summed E-state index contributed by atoms with van der Waals surface area (Å²) in [4.78, 5) is 10.7. The first-order valence-corrected chi connectivity index (χ1v) is 5.61. The number of rotatable bonds is 4. The van der Waals surface area contributed by atoms with Crippen LogP contribution in [0.2, 0.25) is 0 Å². The van der Waals surface area contributed by atoms with E-state index in [1.54, 1.807) is 0 Å². The minimum atomic E-state index is -1.02. The van der Waals surface area contributed by atoms with Crippen LogP contribution in [0.3, 0.4) is 0 Å². The molecule has 1 aliphatic heterocycles. The van der Waals surface area contributed by atoms with E-state index in [9.17, 15) is 13.6 Å². The molecule has 0 aliphatic carbocycles. The SMILES string of the molecule is O=C(O)C1C[C@H](COc2cccc(F)c2F)CN1. The van der Waals surface area contributed by atoms with Crippen LogP contribution < -0.4 is 10.1 Å². The van der Waals surface area contributed by atoms with Crippen molar-refractivity contribution < 1.29 is 23.4 Å².